The molecule has 0 bridgehead atoms. The molecule has 0 saturated carbocycles. The molecule has 1 amide bonds. The van der Waals surface area contributed by atoms with Crippen LogP contribution in [0.2, 0.25) is 5.02 Å². The summed E-state index contributed by atoms with van der Waals surface area (Å²) >= 11 is 6.23. The number of hydrogen-bond acceptors (Lipinski definition) is 4. The molecule has 1 aliphatic heterocycles. The van der Waals surface area contributed by atoms with Gasteiger partial charge in [-0.2, -0.15) is 4.31 Å². The molecule has 1 fully saturated rings. The molecule has 0 aliphatic carbocycles. The smallest absolute Gasteiger partial charge is 0.253 e. The third kappa shape index (κ3) is 4.74. The van der Waals surface area contributed by atoms with Crippen LogP contribution < -0.4 is 10.1 Å². The van der Waals surface area contributed by atoms with E-state index in [4.69, 9.17) is 16.3 Å². The number of halogens is 1. The molecular formula is C21H25ClN2O4S. The van der Waals surface area contributed by atoms with Gasteiger partial charge in [-0.15, -0.1) is 0 Å². The number of rotatable bonds is 7. The topological polar surface area (TPSA) is 75.7 Å². The molecule has 0 radical (unpaired) electrons. The second kappa shape index (κ2) is 9.15. The Morgan fingerprint density at radius 1 is 1.17 bits per heavy atom. The minimum atomic E-state index is -3.62. The number of methoxy groups -OCH3 is 1. The van der Waals surface area contributed by atoms with Crippen molar-refractivity contribution in [2.45, 2.75) is 37.1 Å². The van der Waals surface area contributed by atoms with E-state index < -0.39 is 15.9 Å². The maximum atomic E-state index is 12.9. The van der Waals surface area contributed by atoms with Crippen molar-refractivity contribution in [1.29, 1.82) is 0 Å². The lowest BCUT2D eigenvalue weighted by Gasteiger charge is -2.19. The molecule has 0 unspecified atom stereocenters. The van der Waals surface area contributed by atoms with Crippen molar-refractivity contribution in [1.82, 2.24) is 9.62 Å². The highest BCUT2D eigenvalue weighted by Crippen LogP contribution is 2.27. The summed E-state index contributed by atoms with van der Waals surface area (Å²) in [6.45, 7) is 2.97. The van der Waals surface area contributed by atoms with Crippen LogP contribution >= 0.6 is 11.6 Å². The van der Waals surface area contributed by atoms with Gasteiger partial charge in [-0.25, -0.2) is 8.42 Å². The Labute approximate surface area is 176 Å². The number of nitrogens with one attached hydrogen (secondary N) is 1. The van der Waals surface area contributed by atoms with Crippen molar-refractivity contribution in [3.63, 3.8) is 0 Å². The van der Waals surface area contributed by atoms with E-state index in [0.717, 1.165) is 24.2 Å². The fraction of sp³-hybridized carbons (Fsp3) is 0.381. The number of nitrogens with zero attached hydrogens (tertiary/aromatic N) is 1. The largest absolute Gasteiger partial charge is 0.497 e. The molecule has 156 valence electrons. The van der Waals surface area contributed by atoms with E-state index in [9.17, 15) is 13.2 Å². The average Bonchev–Trinajstić information content (AvgIpc) is 3.28. The van der Waals surface area contributed by atoms with Crippen molar-refractivity contribution in [3.8, 4) is 5.75 Å². The fourth-order valence-corrected chi connectivity index (χ4v) is 5.16. The van der Waals surface area contributed by atoms with E-state index in [0.29, 0.717) is 19.5 Å². The Morgan fingerprint density at radius 2 is 1.83 bits per heavy atom. The molecule has 29 heavy (non-hydrogen) atoms. The van der Waals surface area contributed by atoms with Gasteiger partial charge in [0.1, 0.15) is 5.75 Å². The van der Waals surface area contributed by atoms with E-state index in [1.54, 1.807) is 7.11 Å². The normalized spacial score (nSPS) is 15.8. The second-order valence-corrected chi connectivity index (χ2v) is 9.31. The van der Waals surface area contributed by atoms with Gasteiger partial charge in [0, 0.05) is 13.1 Å². The maximum Gasteiger partial charge on any atom is 0.253 e. The highest BCUT2D eigenvalue weighted by Gasteiger charge is 2.28. The molecule has 1 heterocycles. The molecule has 2 aromatic rings. The first-order chi connectivity index (χ1) is 13.9. The van der Waals surface area contributed by atoms with Crippen LogP contribution in [0.15, 0.2) is 47.4 Å². The van der Waals surface area contributed by atoms with Gasteiger partial charge in [-0.1, -0.05) is 30.7 Å². The lowest BCUT2D eigenvalue weighted by molar-refractivity contribution is 0.0935. The van der Waals surface area contributed by atoms with E-state index in [1.165, 1.54) is 22.5 Å². The van der Waals surface area contributed by atoms with Gasteiger partial charge < -0.3 is 10.1 Å². The summed E-state index contributed by atoms with van der Waals surface area (Å²) in [7, 11) is -2.03. The van der Waals surface area contributed by atoms with Gasteiger partial charge >= 0.3 is 0 Å². The number of ether oxygens (including phenoxy) is 1. The minimum Gasteiger partial charge on any atom is -0.497 e. The van der Waals surface area contributed by atoms with Crippen LogP contribution in [0.1, 0.15) is 48.1 Å². The molecule has 0 aromatic heterocycles. The first kappa shape index (κ1) is 21.6. The molecule has 1 aliphatic rings. The van der Waals surface area contributed by atoms with Crippen LogP contribution in [-0.2, 0) is 10.0 Å². The maximum absolute atomic E-state index is 12.9. The van der Waals surface area contributed by atoms with Gasteiger partial charge in [0.15, 0.2) is 0 Å². The highest BCUT2D eigenvalue weighted by molar-refractivity contribution is 7.89. The summed E-state index contributed by atoms with van der Waals surface area (Å²) in [4.78, 5) is 13.0. The monoisotopic (exact) mass is 436 g/mol. The van der Waals surface area contributed by atoms with E-state index >= 15 is 0 Å². The van der Waals surface area contributed by atoms with Crippen molar-refractivity contribution in [3.05, 3.63) is 58.6 Å². The van der Waals surface area contributed by atoms with Crippen LogP contribution in [0.5, 0.6) is 5.75 Å². The van der Waals surface area contributed by atoms with E-state index in [2.05, 4.69) is 5.32 Å². The third-order valence-corrected chi connectivity index (χ3v) is 7.34. The predicted octanol–water partition coefficient (Wildman–Crippen LogP) is 4.01. The zero-order valence-electron chi connectivity index (χ0n) is 16.5. The zero-order chi connectivity index (χ0) is 21.0. The van der Waals surface area contributed by atoms with Crippen LogP contribution in [-0.4, -0.2) is 38.8 Å². The molecule has 8 heteroatoms. The van der Waals surface area contributed by atoms with Gasteiger partial charge in [-0.05, 0) is 55.2 Å². The SMILES string of the molecule is CC[C@@H](NC(=O)c1cc(S(=O)(=O)N2CCCC2)ccc1Cl)c1ccc(OC)cc1. The van der Waals surface area contributed by atoms with Gasteiger partial charge in [0.25, 0.3) is 5.91 Å². The lowest BCUT2D eigenvalue weighted by atomic mass is 10.0. The molecule has 1 atom stereocenters. The number of amides is 1. The van der Waals surface area contributed by atoms with Crippen molar-refractivity contribution in [2.75, 3.05) is 20.2 Å². The predicted molar refractivity (Wildman–Crippen MR) is 113 cm³/mol. The van der Waals surface area contributed by atoms with Crippen molar-refractivity contribution >= 4 is 27.5 Å². The van der Waals surface area contributed by atoms with E-state index in [1.807, 2.05) is 31.2 Å². The molecule has 0 spiro atoms. The number of carbonyl (C=O) groups is 1. The second-order valence-electron chi connectivity index (χ2n) is 6.96. The summed E-state index contributed by atoms with van der Waals surface area (Å²) in [5.74, 6) is 0.328. The van der Waals surface area contributed by atoms with Crippen LogP contribution in [0.4, 0.5) is 0 Å². The van der Waals surface area contributed by atoms with Gasteiger partial charge in [0.05, 0.1) is 28.6 Å². The first-order valence-electron chi connectivity index (χ1n) is 9.61. The molecule has 3 rings (SSSR count). The molecule has 1 saturated heterocycles. The standard InChI is InChI=1S/C21H25ClN2O4S/c1-3-20(15-6-8-16(28-2)9-7-15)23-21(25)18-14-17(10-11-19(18)22)29(26,27)24-12-4-5-13-24/h6-11,14,20H,3-5,12-13H2,1-2H3,(H,23,25)/t20-/m1/s1. The number of benzene rings is 2. The summed E-state index contributed by atoms with van der Waals surface area (Å²) in [5, 5.41) is 3.17. The summed E-state index contributed by atoms with van der Waals surface area (Å²) in [6, 6.07) is 11.5. The van der Waals surface area contributed by atoms with Crippen LogP contribution in [0.3, 0.4) is 0 Å². The first-order valence-corrected chi connectivity index (χ1v) is 11.4. The fourth-order valence-electron chi connectivity index (χ4n) is 3.41. The minimum absolute atomic E-state index is 0.0893. The average molecular weight is 437 g/mol. The molecule has 2 aromatic carbocycles. The van der Waals surface area contributed by atoms with Gasteiger partial charge in [-0.3, -0.25) is 4.79 Å². The van der Waals surface area contributed by atoms with E-state index in [-0.39, 0.29) is 21.5 Å². The third-order valence-electron chi connectivity index (χ3n) is 5.12. The highest BCUT2D eigenvalue weighted by atomic mass is 35.5. The molecular weight excluding hydrogens is 412 g/mol. The van der Waals surface area contributed by atoms with Crippen LogP contribution in [0.25, 0.3) is 0 Å². The Morgan fingerprint density at radius 3 is 2.41 bits per heavy atom. The molecule has 1 N–H and O–H groups in total. The Bertz CT molecular complexity index is 971. The number of carbonyl (C=O) groups excluding carboxylic acids is 1. The summed E-state index contributed by atoms with van der Waals surface area (Å²) in [6.07, 6.45) is 2.36. The summed E-state index contributed by atoms with van der Waals surface area (Å²) in [5.41, 5.74) is 1.08. The Kier molecular flexibility index (Phi) is 6.82. The van der Waals surface area contributed by atoms with Crippen molar-refractivity contribution in [2.24, 2.45) is 0 Å². The number of sulfonamides is 1. The van der Waals surface area contributed by atoms with Crippen LogP contribution in [0, 0.1) is 0 Å². The number of hydrogen-bond donors (Lipinski definition) is 1. The lowest BCUT2D eigenvalue weighted by Crippen LogP contribution is -2.30. The Balaban J connectivity index is 1.84. The van der Waals surface area contributed by atoms with Gasteiger partial charge in [0.2, 0.25) is 10.0 Å². The summed E-state index contributed by atoms with van der Waals surface area (Å²) < 4.78 is 32.3. The van der Waals surface area contributed by atoms with Crippen molar-refractivity contribution < 1.29 is 17.9 Å². The quantitative estimate of drug-likeness (QED) is 0.711. The molecule has 6 nitrogen and oxygen atoms in total. The zero-order valence-corrected chi connectivity index (χ0v) is 18.1. The Hall–Kier alpha value is -2.09.